The van der Waals surface area contributed by atoms with Crippen molar-refractivity contribution in [2.75, 3.05) is 0 Å². The molecule has 1 saturated carbocycles. The van der Waals surface area contributed by atoms with Crippen molar-refractivity contribution in [3.63, 3.8) is 0 Å². The second-order valence-corrected chi connectivity index (χ2v) is 3.19. The van der Waals surface area contributed by atoms with Gasteiger partial charge in [0.1, 0.15) is 0 Å². The molecule has 0 saturated heterocycles. The summed E-state index contributed by atoms with van der Waals surface area (Å²) in [5, 5.41) is 9.24. The highest BCUT2D eigenvalue weighted by Gasteiger charge is 2.22. The van der Waals surface area contributed by atoms with Gasteiger partial charge in [-0.15, -0.1) is 0 Å². The van der Waals surface area contributed by atoms with Crippen LogP contribution in [0.25, 0.3) is 0 Å². The Bertz CT molecular complexity index is 136. The van der Waals surface area contributed by atoms with E-state index in [0.717, 1.165) is 6.42 Å². The molecule has 0 aromatic heterocycles. The highest BCUT2D eigenvalue weighted by Crippen LogP contribution is 2.31. The van der Waals surface area contributed by atoms with Gasteiger partial charge in [0.05, 0.1) is 6.10 Å². The second-order valence-electron chi connectivity index (χ2n) is 3.19. The van der Waals surface area contributed by atoms with E-state index in [1.54, 1.807) is 0 Å². The quantitative estimate of drug-likeness (QED) is 0.553. The topological polar surface area (TPSA) is 20.2 Å². The van der Waals surface area contributed by atoms with Crippen LogP contribution in [0, 0.1) is 5.92 Å². The van der Waals surface area contributed by atoms with Crippen LogP contribution in [-0.4, -0.2) is 11.2 Å². The number of aliphatic hydroxyl groups excluding tert-OH is 1. The molecular weight excluding hydrogens is 124 g/mol. The predicted octanol–water partition coefficient (Wildman–Crippen LogP) is 2.11. The molecule has 0 aromatic rings. The molecule has 1 nitrogen and oxygen atoms in total. The zero-order chi connectivity index (χ0) is 7.56. The van der Waals surface area contributed by atoms with Gasteiger partial charge >= 0.3 is 0 Å². The minimum atomic E-state index is -0.113. The van der Waals surface area contributed by atoms with Crippen molar-refractivity contribution in [2.45, 2.75) is 39.2 Å². The molecule has 0 radical (unpaired) electrons. The summed E-state index contributed by atoms with van der Waals surface area (Å²) in [6.45, 7) is 3.98. The largest absolute Gasteiger partial charge is 0.393 e. The Kier molecular flexibility index (Phi) is 2.50. The Morgan fingerprint density at radius 1 is 1.70 bits per heavy atom. The Balaban J connectivity index is 2.43. The van der Waals surface area contributed by atoms with Crippen molar-refractivity contribution in [3.8, 4) is 0 Å². The summed E-state index contributed by atoms with van der Waals surface area (Å²) in [6, 6.07) is 0. The van der Waals surface area contributed by atoms with E-state index in [1.165, 1.54) is 18.4 Å². The molecule has 0 aromatic carbocycles. The lowest BCUT2D eigenvalue weighted by molar-refractivity contribution is 0.130. The number of aliphatic hydroxyl groups is 1. The maximum absolute atomic E-state index is 9.24. The van der Waals surface area contributed by atoms with Crippen LogP contribution in [0.2, 0.25) is 0 Å². The van der Waals surface area contributed by atoms with E-state index in [1.807, 2.05) is 6.92 Å². The van der Waals surface area contributed by atoms with Crippen molar-refractivity contribution in [3.05, 3.63) is 11.6 Å². The van der Waals surface area contributed by atoms with Gasteiger partial charge < -0.3 is 5.11 Å². The average Bonchev–Trinajstić information content (AvgIpc) is 2.34. The van der Waals surface area contributed by atoms with E-state index in [-0.39, 0.29) is 6.10 Å². The summed E-state index contributed by atoms with van der Waals surface area (Å²) in [6.07, 6.45) is 5.57. The SMILES string of the molecule is C/C=C1\CCC(C(C)O)C1. The highest BCUT2D eigenvalue weighted by molar-refractivity contribution is 5.07. The molecular formula is C9H16O. The third-order valence-electron chi connectivity index (χ3n) is 2.45. The summed E-state index contributed by atoms with van der Waals surface area (Å²) in [5.41, 5.74) is 1.52. The molecule has 0 bridgehead atoms. The first-order chi connectivity index (χ1) is 4.74. The highest BCUT2D eigenvalue weighted by atomic mass is 16.3. The Morgan fingerprint density at radius 2 is 2.40 bits per heavy atom. The number of allylic oxidation sites excluding steroid dienone is 2. The second kappa shape index (κ2) is 3.20. The molecule has 58 valence electrons. The molecule has 0 aliphatic heterocycles. The standard InChI is InChI=1S/C9H16O/c1-3-8-4-5-9(6-8)7(2)10/h3,7,9-10H,4-6H2,1-2H3/b8-3+. The molecule has 1 heteroatoms. The zero-order valence-corrected chi connectivity index (χ0v) is 6.80. The summed E-state index contributed by atoms with van der Waals surface area (Å²) in [4.78, 5) is 0. The maximum atomic E-state index is 9.24. The molecule has 2 atom stereocenters. The van der Waals surface area contributed by atoms with E-state index >= 15 is 0 Å². The number of rotatable bonds is 1. The monoisotopic (exact) mass is 140 g/mol. The molecule has 1 fully saturated rings. The molecule has 1 aliphatic rings. The predicted molar refractivity (Wildman–Crippen MR) is 42.8 cm³/mol. The third-order valence-corrected chi connectivity index (χ3v) is 2.45. The third kappa shape index (κ3) is 1.60. The molecule has 1 N–H and O–H groups in total. The first-order valence-electron chi connectivity index (χ1n) is 4.06. The van der Waals surface area contributed by atoms with E-state index in [0.29, 0.717) is 5.92 Å². The lowest BCUT2D eigenvalue weighted by Crippen LogP contribution is -2.12. The zero-order valence-electron chi connectivity index (χ0n) is 6.80. The van der Waals surface area contributed by atoms with Gasteiger partial charge in [0.2, 0.25) is 0 Å². The van der Waals surface area contributed by atoms with Gasteiger partial charge in [0, 0.05) is 0 Å². The van der Waals surface area contributed by atoms with E-state index in [4.69, 9.17) is 0 Å². The maximum Gasteiger partial charge on any atom is 0.0543 e. The minimum absolute atomic E-state index is 0.113. The van der Waals surface area contributed by atoms with Crippen molar-refractivity contribution >= 4 is 0 Å². The first kappa shape index (κ1) is 7.80. The number of hydrogen-bond acceptors (Lipinski definition) is 1. The lowest BCUT2D eigenvalue weighted by atomic mass is 10.0. The normalized spacial score (nSPS) is 33.1. The Labute approximate surface area is 62.8 Å². The van der Waals surface area contributed by atoms with Gasteiger partial charge in [-0.05, 0) is 39.0 Å². The van der Waals surface area contributed by atoms with Gasteiger partial charge in [-0.2, -0.15) is 0 Å². The molecule has 1 aliphatic carbocycles. The molecule has 0 amide bonds. The van der Waals surface area contributed by atoms with Crippen LogP contribution in [0.15, 0.2) is 11.6 Å². The average molecular weight is 140 g/mol. The fourth-order valence-corrected chi connectivity index (χ4v) is 1.59. The fourth-order valence-electron chi connectivity index (χ4n) is 1.59. The summed E-state index contributed by atoms with van der Waals surface area (Å²) >= 11 is 0. The van der Waals surface area contributed by atoms with Crippen molar-refractivity contribution in [2.24, 2.45) is 5.92 Å². The van der Waals surface area contributed by atoms with Crippen LogP contribution >= 0.6 is 0 Å². The fraction of sp³-hybridized carbons (Fsp3) is 0.778. The Hall–Kier alpha value is -0.300. The molecule has 1 rings (SSSR count). The number of hydrogen-bond donors (Lipinski definition) is 1. The van der Waals surface area contributed by atoms with Crippen molar-refractivity contribution in [1.29, 1.82) is 0 Å². The lowest BCUT2D eigenvalue weighted by Gasteiger charge is -2.10. The first-order valence-corrected chi connectivity index (χ1v) is 4.06. The molecule has 2 unspecified atom stereocenters. The van der Waals surface area contributed by atoms with E-state index < -0.39 is 0 Å². The van der Waals surface area contributed by atoms with Crippen LogP contribution in [0.1, 0.15) is 33.1 Å². The Morgan fingerprint density at radius 3 is 2.70 bits per heavy atom. The molecule has 0 heterocycles. The van der Waals surface area contributed by atoms with Gasteiger partial charge in [-0.3, -0.25) is 0 Å². The van der Waals surface area contributed by atoms with Gasteiger partial charge in [-0.25, -0.2) is 0 Å². The molecule has 0 spiro atoms. The van der Waals surface area contributed by atoms with Crippen LogP contribution in [0.3, 0.4) is 0 Å². The van der Waals surface area contributed by atoms with Crippen molar-refractivity contribution in [1.82, 2.24) is 0 Å². The van der Waals surface area contributed by atoms with E-state index in [9.17, 15) is 5.11 Å². The van der Waals surface area contributed by atoms with Crippen molar-refractivity contribution < 1.29 is 5.11 Å². The van der Waals surface area contributed by atoms with Gasteiger partial charge in [0.15, 0.2) is 0 Å². The minimum Gasteiger partial charge on any atom is -0.393 e. The summed E-state index contributed by atoms with van der Waals surface area (Å²) in [7, 11) is 0. The van der Waals surface area contributed by atoms with Gasteiger partial charge in [0.25, 0.3) is 0 Å². The van der Waals surface area contributed by atoms with Crippen LogP contribution in [0.4, 0.5) is 0 Å². The summed E-state index contributed by atoms with van der Waals surface area (Å²) < 4.78 is 0. The van der Waals surface area contributed by atoms with E-state index in [2.05, 4.69) is 13.0 Å². The molecule has 10 heavy (non-hydrogen) atoms. The summed E-state index contributed by atoms with van der Waals surface area (Å²) in [5.74, 6) is 0.534. The van der Waals surface area contributed by atoms with Crippen LogP contribution in [0.5, 0.6) is 0 Å². The smallest absolute Gasteiger partial charge is 0.0543 e. The van der Waals surface area contributed by atoms with Gasteiger partial charge in [-0.1, -0.05) is 11.6 Å². The van der Waals surface area contributed by atoms with Crippen LogP contribution < -0.4 is 0 Å². The van der Waals surface area contributed by atoms with Crippen LogP contribution in [-0.2, 0) is 0 Å².